The predicted octanol–water partition coefficient (Wildman–Crippen LogP) is 21.0. The van der Waals surface area contributed by atoms with Crippen LogP contribution < -0.4 is 0 Å². The van der Waals surface area contributed by atoms with Gasteiger partial charge in [-0.3, -0.25) is 14.4 Å². The standard InChI is InChI=1S/C63H122O6/c1-5-7-9-11-13-15-17-19-21-23-27-31-35-39-43-47-51-55-62(65)68-58-60(57-67-61(64)54-50-46-42-38-34-30-26-22-20-18-16-14-12-10-8-6-2)69-63(66)56-52-48-44-40-36-32-28-24-25-29-33-37-41-45-49-53-59(3)4/h59-60H,5-58H2,1-4H3/t60-/m0/s1. The molecule has 0 unspecified atom stereocenters. The van der Waals surface area contributed by atoms with E-state index in [0.717, 1.165) is 63.7 Å². The lowest BCUT2D eigenvalue weighted by atomic mass is 10.0. The first kappa shape index (κ1) is 67.4. The van der Waals surface area contributed by atoms with E-state index in [4.69, 9.17) is 14.2 Å². The third-order valence-corrected chi connectivity index (χ3v) is 14.5. The summed E-state index contributed by atoms with van der Waals surface area (Å²) in [4.78, 5) is 38.3. The highest BCUT2D eigenvalue weighted by Crippen LogP contribution is 2.19. The second-order valence-corrected chi connectivity index (χ2v) is 22.2. The van der Waals surface area contributed by atoms with Crippen LogP contribution in [0.5, 0.6) is 0 Å². The SMILES string of the molecule is CCCCCCCCCCCCCCCCCCCC(=O)OC[C@H](COC(=O)CCCCCCCCCCCCCCCCCC)OC(=O)CCCCCCCCCCCCCCCCCC(C)C. The molecule has 0 aliphatic carbocycles. The minimum absolute atomic E-state index is 0.0612. The fraction of sp³-hybridized carbons (Fsp3) is 0.952. The second kappa shape index (κ2) is 57.3. The lowest BCUT2D eigenvalue weighted by Crippen LogP contribution is -2.30. The van der Waals surface area contributed by atoms with Gasteiger partial charge in [0.25, 0.3) is 0 Å². The molecule has 0 fully saturated rings. The zero-order valence-corrected chi connectivity index (χ0v) is 47.3. The van der Waals surface area contributed by atoms with E-state index in [9.17, 15) is 14.4 Å². The largest absolute Gasteiger partial charge is 0.462 e. The number of rotatable bonds is 58. The van der Waals surface area contributed by atoms with Gasteiger partial charge < -0.3 is 14.2 Å². The Kier molecular flexibility index (Phi) is 56.0. The normalized spacial score (nSPS) is 12.0. The van der Waals surface area contributed by atoms with E-state index >= 15 is 0 Å². The first-order chi connectivity index (χ1) is 33.9. The number of hydrogen-bond donors (Lipinski definition) is 0. The quantitative estimate of drug-likeness (QED) is 0.0343. The van der Waals surface area contributed by atoms with Gasteiger partial charge in [-0.05, 0) is 25.2 Å². The second-order valence-electron chi connectivity index (χ2n) is 22.2. The highest BCUT2D eigenvalue weighted by Gasteiger charge is 2.19. The molecule has 0 aliphatic heterocycles. The lowest BCUT2D eigenvalue weighted by Gasteiger charge is -2.18. The predicted molar refractivity (Wildman–Crippen MR) is 298 cm³/mol. The summed E-state index contributed by atoms with van der Waals surface area (Å²) in [6, 6.07) is 0. The molecule has 0 heterocycles. The summed E-state index contributed by atoms with van der Waals surface area (Å²) >= 11 is 0. The summed E-state index contributed by atoms with van der Waals surface area (Å²) in [7, 11) is 0. The van der Waals surface area contributed by atoms with Crippen molar-refractivity contribution in [3.8, 4) is 0 Å². The van der Waals surface area contributed by atoms with Crippen molar-refractivity contribution in [2.45, 2.75) is 368 Å². The van der Waals surface area contributed by atoms with Crippen molar-refractivity contribution in [2.75, 3.05) is 13.2 Å². The Balaban J connectivity index is 4.29. The Morgan fingerprint density at radius 3 is 0.710 bits per heavy atom. The van der Waals surface area contributed by atoms with Crippen molar-refractivity contribution in [1.29, 1.82) is 0 Å². The Morgan fingerprint density at radius 1 is 0.275 bits per heavy atom. The van der Waals surface area contributed by atoms with Crippen LogP contribution in [-0.4, -0.2) is 37.2 Å². The van der Waals surface area contributed by atoms with Crippen molar-refractivity contribution in [1.82, 2.24) is 0 Å². The molecule has 0 radical (unpaired) electrons. The molecule has 0 rings (SSSR count). The van der Waals surface area contributed by atoms with Crippen LogP contribution in [0.15, 0.2) is 0 Å². The van der Waals surface area contributed by atoms with Crippen molar-refractivity contribution in [3.63, 3.8) is 0 Å². The third kappa shape index (κ3) is 57.2. The topological polar surface area (TPSA) is 78.9 Å². The molecule has 0 aromatic heterocycles. The summed E-state index contributed by atoms with van der Waals surface area (Å²) in [6.45, 7) is 9.09. The van der Waals surface area contributed by atoms with E-state index in [-0.39, 0.29) is 31.1 Å². The van der Waals surface area contributed by atoms with Crippen LogP contribution in [0.2, 0.25) is 0 Å². The van der Waals surface area contributed by atoms with Gasteiger partial charge >= 0.3 is 17.9 Å². The zero-order valence-electron chi connectivity index (χ0n) is 47.3. The first-order valence-electron chi connectivity index (χ1n) is 31.4. The number of hydrogen-bond acceptors (Lipinski definition) is 6. The molecule has 0 spiro atoms. The van der Waals surface area contributed by atoms with Crippen LogP contribution in [0.1, 0.15) is 362 Å². The molecule has 0 N–H and O–H groups in total. The fourth-order valence-electron chi connectivity index (χ4n) is 9.81. The van der Waals surface area contributed by atoms with Gasteiger partial charge in [-0.1, -0.05) is 323 Å². The van der Waals surface area contributed by atoms with Gasteiger partial charge in [0.1, 0.15) is 13.2 Å². The molecule has 0 saturated heterocycles. The van der Waals surface area contributed by atoms with E-state index in [2.05, 4.69) is 27.7 Å². The molecule has 0 aromatic carbocycles. The van der Waals surface area contributed by atoms with Crippen LogP contribution in [0.25, 0.3) is 0 Å². The number of unbranched alkanes of at least 4 members (excludes halogenated alkanes) is 45. The van der Waals surface area contributed by atoms with Crippen LogP contribution in [-0.2, 0) is 28.6 Å². The monoisotopic (exact) mass is 975 g/mol. The highest BCUT2D eigenvalue weighted by atomic mass is 16.6. The molecule has 410 valence electrons. The van der Waals surface area contributed by atoms with Gasteiger partial charge in [-0.2, -0.15) is 0 Å². The van der Waals surface area contributed by atoms with Crippen molar-refractivity contribution < 1.29 is 28.6 Å². The maximum Gasteiger partial charge on any atom is 0.306 e. The van der Waals surface area contributed by atoms with E-state index in [1.165, 1.54) is 257 Å². The smallest absolute Gasteiger partial charge is 0.306 e. The van der Waals surface area contributed by atoms with Crippen LogP contribution in [0.4, 0.5) is 0 Å². The molecule has 0 amide bonds. The van der Waals surface area contributed by atoms with Crippen molar-refractivity contribution in [2.24, 2.45) is 5.92 Å². The van der Waals surface area contributed by atoms with Gasteiger partial charge in [0, 0.05) is 19.3 Å². The van der Waals surface area contributed by atoms with E-state index in [0.29, 0.717) is 19.3 Å². The lowest BCUT2D eigenvalue weighted by molar-refractivity contribution is -0.167. The zero-order chi connectivity index (χ0) is 50.2. The number of ether oxygens (including phenoxy) is 3. The molecule has 6 nitrogen and oxygen atoms in total. The summed E-state index contributed by atoms with van der Waals surface area (Å²) < 4.78 is 17.0. The molecule has 0 aliphatic rings. The first-order valence-corrected chi connectivity index (χ1v) is 31.4. The minimum Gasteiger partial charge on any atom is -0.462 e. The van der Waals surface area contributed by atoms with Gasteiger partial charge in [0.15, 0.2) is 6.10 Å². The van der Waals surface area contributed by atoms with Gasteiger partial charge in [0.05, 0.1) is 0 Å². The summed E-state index contributed by atoms with van der Waals surface area (Å²) in [6.07, 6.45) is 63.8. The average molecular weight is 976 g/mol. The Labute approximate surface area is 431 Å². The fourth-order valence-corrected chi connectivity index (χ4v) is 9.81. The molecular formula is C63H122O6. The van der Waals surface area contributed by atoms with Gasteiger partial charge in [0.2, 0.25) is 0 Å². The number of carbonyl (C=O) groups is 3. The summed E-state index contributed by atoms with van der Waals surface area (Å²) in [5, 5.41) is 0. The van der Waals surface area contributed by atoms with Crippen LogP contribution in [0, 0.1) is 5.92 Å². The number of esters is 3. The molecule has 1 atom stereocenters. The minimum atomic E-state index is -0.763. The van der Waals surface area contributed by atoms with E-state index < -0.39 is 6.10 Å². The maximum absolute atomic E-state index is 12.9. The molecule has 0 aromatic rings. The maximum atomic E-state index is 12.9. The number of carbonyl (C=O) groups excluding carboxylic acids is 3. The van der Waals surface area contributed by atoms with Crippen LogP contribution >= 0.6 is 0 Å². The summed E-state index contributed by atoms with van der Waals surface area (Å²) in [5.41, 5.74) is 0. The Hall–Kier alpha value is -1.59. The van der Waals surface area contributed by atoms with Gasteiger partial charge in [-0.25, -0.2) is 0 Å². The Bertz CT molecular complexity index is 1040. The molecular weight excluding hydrogens is 853 g/mol. The Morgan fingerprint density at radius 2 is 0.478 bits per heavy atom. The average Bonchev–Trinajstić information content (AvgIpc) is 3.34. The van der Waals surface area contributed by atoms with Crippen LogP contribution in [0.3, 0.4) is 0 Å². The molecule has 6 heteroatoms. The van der Waals surface area contributed by atoms with Crippen molar-refractivity contribution in [3.05, 3.63) is 0 Å². The van der Waals surface area contributed by atoms with E-state index in [1.807, 2.05) is 0 Å². The molecule has 0 saturated carbocycles. The van der Waals surface area contributed by atoms with E-state index in [1.54, 1.807) is 0 Å². The highest BCUT2D eigenvalue weighted by molar-refractivity contribution is 5.71. The molecule has 0 bridgehead atoms. The summed E-state index contributed by atoms with van der Waals surface area (Å²) in [5.74, 6) is 0.0197. The van der Waals surface area contributed by atoms with Crippen molar-refractivity contribution >= 4 is 17.9 Å². The van der Waals surface area contributed by atoms with Gasteiger partial charge in [-0.15, -0.1) is 0 Å². The third-order valence-electron chi connectivity index (χ3n) is 14.5. The molecule has 69 heavy (non-hydrogen) atoms.